The molecule has 0 saturated heterocycles. The third kappa shape index (κ3) is 6.36. The van der Waals surface area contributed by atoms with Crippen molar-refractivity contribution in [3.8, 4) is 0 Å². The molecule has 0 N–H and O–H groups in total. The summed E-state index contributed by atoms with van der Waals surface area (Å²) < 4.78 is 5.32. The molecule has 0 rings (SSSR count). The fourth-order valence-electron chi connectivity index (χ4n) is 1.25. The van der Waals surface area contributed by atoms with Gasteiger partial charge in [-0.25, -0.2) is 0 Å². The van der Waals surface area contributed by atoms with Gasteiger partial charge in [0.1, 0.15) is 0 Å². The maximum Gasteiger partial charge on any atom is 0.0571 e. The van der Waals surface area contributed by atoms with Crippen LogP contribution in [0.5, 0.6) is 0 Å². The normalized spacial score (nSPS) is 13.4. The third-order valence-electron chi connectivity index (χ3n) is 1.97. The Morgan fingerprint density at radius 3 is 2.45 bits per heavy atom. The van der Waals surface area contributed by atoms with Crippen molar-refractivity contribution in [3.63, 3.8) is 0 Å². The Hall–Kier alpha value is -0.0400. The van der Waals surface area contributed by atoms with E-state index in [-0.39, 0.29) is 0 Å². The first-order valence-electron chi connectivity index (χ1n) is 4.67. The number of ether oxygens (including phenoxy) is 1. The van der Waals surface area contributed by atoms with Gasteiger partial charge in [0.05, 0.1) is 6.10 Å². The van der Waals surface area contributed by atoms with E-state index in [0.717, 1.165) is 6.42 Å². The van der Waals surface area contributed by atoms with Crippen molar-refractivity contribution < 1.29 is 4.74 Å². The van der Waals surface area contributed by atoms with Crippen LogP contribution in [-0.2, 0) is 4.74 Å². The highest BCUT2D eigenvalue weighted by atomic mass is 16.5. The third-order valence-corrected chi connectivity index (χ3v) is 1.97. The number of hydrogen-bond acceptors (Lipinski definition) is 1. The Bertz CT molecular complexity index is 71.3. The molecule has 0 bridgehead atoms. The first-order chi connectivity index (χ1) is 5.35. The van der Waals surface area contributed by atoms with Crippen molar-refractivity contribution in [1.29, 1.82) is 0 Å². The van der Waals surface area contributed by atoms with Crippen LogP contribution in [0.3, 0.4) is 0 Å². The molecule has 0 fully saturated rings. The average molecular weight is 157 g/mol. The number of hydrogen-bond donors (Lipinski definition) is 0. The molecule has 0 aromatic rings. The first kappa shape index (κ1) is 11.0. The van der Waals surface area contributed by atoms with Gasteiger partial charge < -0.3 is 4.74 Å². The van der Waals surface area contributed by atoms with E-state index in [4.69, 9.17) is 4.74 Å². The zero-order chi connectivity index (χ0) is 8.53. The van der Waals surface area contributed by atoms with Crippen LogP contribution in [0.15, 0.2) is 0 Å². The fraction of sp³-hybridized carbons (Fsp3) is 0.900. The van der Waals surface area contributed by atoms with E-state index < -0.39 is 0 Å². The van der Waals surface area contributed by atoms with E-state index in [0.29, 0.717) is 6.10 Å². The smallest absolute Gasteiger partial charge is 0.0571 e. The lowest BCUT2D eigenvalue weighted by Gasteiger charge is -2.13. The molecule has 0 heterocycles. The van der Waals surface area contributed by atoms with Crippen molar-refractivity contribution >= 4 is 0 Å². The van der Waals surface area contributed by atoms with Gasteiger partial charge in [-0.3, -0.25) is 0 Å². The van der Waals surface area contributed by atoms with Crippen LogP contribution < -0.4 is 0 Å². The molecule has 1 heteroatoms. The molecule has 0 amide bonds. The summed E-state index contributed by atoms with van der Waals surface area (Å²) in [6.07, 6.45) is 7.69. The minimum Gasteiger partial charge on any atom is -0.381 e. The minimum absolute atomic E-state index is 0.492. The largest absolute Gasteiger partial charge is 0.381 e. The molecule has 0 aliphatic heterocycles. The molecule has 0 saturated carbocycles. The van der Waals surface area contributed by atoms with Crippen LogP contribution in [0.25, 0.3) is 0 Å². The molecule has 0 aliphatic carbocycles. The van der Waals surface area contributed by atoms with E-state index >= 15 is 0 Å². The molecule has 67 valence electrons. The van der Waals surface area contributed by atoms with Crippen LogP contribution in [0.1, 0.15) is 45.4 Å². The molecule has 0 aliphatic rings. The van der Waals surface area contributed by atoms with Crippen molar-refractivity contribution in [2.45, 2.75) is 51.6 Å². The molecule has 1 atom stereocenters. The van der Waals surface area contributed by atoms with Gasteiger partial charge >= 0.3 is 0 Å². The maximum absolute atomic E-state index is 5.32. The van der Waals surface area contributed by atoms with Crippen LogP contribution in [0, 0.1) is 6.92 Å². The zero-order valence-corrected chi connectivity index (χ0v) is 7.94. The lowest BCUT2D eigenvalue weighted by atomic mass is 10.1. The predicted octanol–water partition coefficient (Wildman–Crippen LogP) is 3.20. The van der Waals surface area contributed by atoms with Crippen LogP contribution in [0.2, 0.25) is 0 Å². The summed E-state index contributed by atoms with van der Waals surface area (Å²) in [5.74, 6) is 0. The highest BCUT2D eigenvalue weighted by molar-refractivity contribution is 4.57. The Morgan fingerprint density at radius 2 is 2.00 bits per heavy atom. The first-order valence-corrected chi connectivity index (χ1v) is 4.67. The minimum atomic E-state index is 0.492. The van der Waals surface area contributed by atoms with Crippen LogP contribution in [0.4, 0.5) is 0 Å². The molecule has 0 aromatic carbocycles. The van der Waals surface area contributed by atoms with Gasteiger partial charge in [0.25, 0.3) is 0 Å². The Labute approximate surface area is 71.1 Å². The van der Waals surface area contributed by atoms with Gasteiger partial charge in [0.2, 0.25) is 0 Å². The fourth-order valence-corrected chi connectivity index (χ4v) is 1.25. The summed E-state index contributed by atoms with van der Waals surface area (Å²) in [7, 11) is 1.81. The van der Waals surface area contributed by atoms with Crippen molar-refractivity contribution in [2.75, 3.05) is 7.11 Å². The summed E-state index contributed by atoms with van der Waals surface area (Å²) in [5.41, 5.74) is 0. The highest BCUT2D eigenvalue weighted by Gasteiger charge is 2.03. The van der Waals surface area contributed by atoms with Crippen LogP contribution >= 0.6 is 0 Å². The standard InChI is InChI=1S/C10H21O/c1-4-6-7-9-10(11-3)8-5-2/h10H,1,4-9H2,2-3H3. The number of rotatable bonds is 7. The second-order valence-corrected chi connectivity index (χ2v) is 3.00. The molecule has 1 unspecified atom stereocenters. The molecule has 11 heavy (non-hydrogen) atoms. The quantitative estimate of drug-likeness (QED) is 0.516. The van der Waals surface area contributed by atoms with Crippen molar-refractivity contribution in [3.05, 3.63) is 6.92 Å². The number of methoxy groups -OCH3 is 1. The van der Waals surface area contributed by atoms with E-state index in [1.165, 1.54) is 32.1 Å². The van der Waals surface area contributed by atoms with E-state index in [1.54, 1.807) is 0 Å². The second kappa shape index (κ2) is 8.06. The SMILES string of the molecule is [CH2]CCCCC(CCC)OC. The summed E-state index contributed by atoms with van der Waals surface area (Å²) in [4.78, 5) is 0. The lowest BCUT2D eigenvalue weighted by molar-refractivity contribution is 0.0852. The van der Waals surface area contributed by atoms with Gasteiger partial charge in [-0.2, -0.15) is 0 Å². The highest BCUT2D eigenvalue weighted by Crippen LogP contribution is 2.10. The monoisotopic (exact) mass is 157 g/mol. The van der Waals surface area contributed by atoms with E-state index in [2.05, 4.69) is 13.8 Å². The molecular weight excluding hydrogens is 136 g/mol. The Morgan fingerprint density at radius 1 is 1.27 bits per heavy atom. The molecular formula is C10H21O. The Balaban J connectivity index is 3.20. The maximum atomic E-state index is 5.32. The second-order valence-electron chi connectivity index (χ2n) is 3.00. The average Bonchev–Trinajstić information content (AvgIpc) is 2.03. The van der Waals surface area contributed by atoms with Gasteiger partial charge in [0.15, 0.2) is 0 Å². The van der Waals surface area contributed by atoms with Crippen molar-refractivity contribution in [1.82, 2.24) is 0 Å². The van der Waals surface area contributed by atoms with Gasteiger partial charge in [-0.1, -0.05) is 39.5 Å². The zero-order valence-electron chi connectivity index (χ0n) is 7.94. The topological polar surface area (TPSA) is 9.23 Å². The summed E-state index contributed by atoms with van der Waals surface area (Å²) in [6.45, 7) is 6.02. The molecule has 0 spiro atoms. The van der Waals surface area contributed by atoms with Gasteiger partial charge in [-0.15, -0.1) is 0 Å². The van der Waals surface area contributed by atoms with E-state index in [9.17, 15) is 0 Å². The summed E-state index contributed by atoms with van der Waals surface area (Å²) in [6, 6.07) is 0. The summed E-state index contributed by atoms with van der Waals surface area (Å²) in [5, 5.41) is 0. The predicted molar refractivity (Wildman–Crippen MR) is 49.5 cm³/mol. The van der Waals surface area contributed by atoms with Crippen molar-refractivity contribution in [2.24, 2.45) is 0 Å². The molecule has 1 nitrogen and oxygen atoms in total. The van der Waals surface area contributed by atoms with Gasteiger partial charge in [-0.05, 0) is 12.8 Å². The molecule has 0 aromatic heterocycles. The lowest BCUT2D eigenvalue weighted by Crippen LogP contribution is -2.09. The number of unbranched alkanes of at least 4 members (excludes halogenated alkanes) is 2. The Kier molecular flexibility index (Phi) is 8.03. The van der Waals surface area contributed by atoms with Gasteiger partial charge in [0, 0.05) is 7.11 Å². The van der Waals surface area contributed by atoms with Crippen LogP contribution in [-0.4, -0.2) is 13.2 Å². The molecule has 1 radical (unpaired) electrons. The summed E-state index contributed by atoms with van der Waals surface area (Å²) >= 11 is 0. The van der Waals surface area contributed by atoms with E-state index in [1.807, 2.05) is 7.11 Å².